The second kappa shape index (κ2) is 8.52. The molecule has 1 heterocycles. The Morgan fingerprint density at radius 1 is 1.55 bits per heavy atom. The number of hydrazone groups is 1. The van der Waals surface area contributed by atoms with Gasteiger partial charge in [-0.3, -0.25) is 9.80 Å². The Morgan fingerprint density at radius 3 is 2.85 bits per heavy atom. The second-order valence-electron chi connectivity index (χ2n) is 5.03. The molecule has 2 atom stereocenters. The Balaban J connectivity index is 2.73. The molecule has 0 aromatic carbocycles. The lowest BCUT2D eigenvalue weighted by Gasteiger charge is -2.27. The number of hydrogen-bond acceptors (Lipinski definition) is 6. The average Bonchev–Trinajstić information content (AvgIpc) is 2.91. The molecule has 20 heavy (non-hydrogen) atoms. The summed E-state index contributed by atoms with van der Waals surface area (Å²) in [5.41, 5.74) is 0. The lowest BCUT2D eigenvalue weighted by Crippen LogP contribution is -2.33. The number of thioether (sulfide) groups is 1. The molecule has 1 aliphatic heterocycles. The van der Waals surface area contributed by atoms with Crippen molar-refractivity contribution in [3.8, 4) is 0 Å². The van der Waals surface area contributed by atoms with E-state index in [0.29, 0.717) is 19.1 Å². The monoisotopic (exact) mass is 302 g/mol. The van der Waals surface area contributed by atoms with Crippen LogP contribution in [-0.2, 0) is 14.3 Å². The van der Waals surface area contributed by atoms with E-state index < -0.39 is 0 Å². The van der Waals surface area contributed by atoms with Gasteiger partial charge in [0.1, 0.15) is 0 Å². The highest BCUT2D eigenvalue weighted by molar-refractivity contribution is 8.00. The molecule has 0 aromatic rings. The Morgan fingerprint density at radius 2 is 2.30 bits per heavy atom. The predicted octanol–water partition coefficient (Wildman–Crippen LogP) is 2.16. The van der Waals surface area contributed by atoms with Crippen molar-refractivity contribution >= 4 is 23.9 Å². The summed E-state index contributed by atoms with van der Waals surface area (Å²) in [6.07, 6.45) is 7.38. The van der Waals surface area contributed by atoms with Crippen LogP contribution in [0.4, 0.5) is 0 Å². The minimum atomic E-state index is -0.284. The van der Waals surface area contributed by atoms with Crippen LogP contribution in [0, 0.1) is 0 Å². The molecular formula is C14H26N2O3S. The molecule has 0 unspecified atom stereocenters. The van der Waals surface area contributed by atoms with Gasteiger partial charge in [-0.15, -0.1) is 0 Å². The Labute approximate surface area is 126 Å². The number of carbonyl (C=O) groups excluding carboxylic acids is 1. The van der Waals surface area contributed by atoms with Crippen molar-refractivity contribution in [2.45, 2.75) is 43.4 Å². The maximum absolute atomic E-state index is 11.6. The number of esters is 1. The zero-order chi connectivity index (χ0) is 15.0. The molecule has 1 rings (SSSR count). The van der Waals surface area contributed by atoms with Crippen LogP contribution in [0.15, 0.2) is 5.10 Å². The SMILES string of the molecule is CC[C@@](/C=N/N1CCC[C@H]1COC)(CC(=O)OC)SC. The van der Waals surface area contributed by atoms with E-state index in [-0.39, 0.29) is 10.7 Å². The van der Waals surface area contributed by atoms with Crippen molar-refractivity contribution in [2.75, 3.05) is 33.6 Å². The average molecular weight is 302 g/mol. The van der Waals surface area contributed by atoms with Crippen LogP contribution in [0.3, 0.4) is 0 Å². The Hall–Kier alpha value is -0.750. The van der Waals surface area contributed by atoms with Gasteiger partial charge >= 0.3 is 5.97 Å². The molecule has 0 saturated carbocycles. The summed E-state index contributed by atoms with van der Waals surface area (Å²) in [7, 11) is 3.14. The van der Waals surface area contributed by atoms with Gasteiger partial charge in [-0.05, 0) is 25.5 Å². The van der Waals surface area contributed by atoms with Crippen molar-refractivity contribution in [3.63, 3.8) is 0 Å². The standard InChI is InChI=1S/C14H26N2O3S/c1-5-14(20-4,9-13(17)19-3)11-15-16-8-6-7-12(16)10-18-2/h11-12H,5-10H2,1-4H3/b15-11+/t12-,14-/m0/s1. The Kier molecular flexibility index (Phi) is 7.37. The van der Waals surface area contributed by atoms with E-state index >= 15 is 0 Å². The van der Waals surface area contributed by atoms with Gasteiger partial charge in [0.25, 0.3) is 0 Å². The van der Waals surface area contributed by atoms with Gasteiger partial charge in [0.15, 0.2) is 0 Å². The van der Waals surface area contributed by atoms with Crippen molar-refractivity contribution in [2.24, 2.45) is 5.10 Å². The summed E-state index contributed by atoms with van der Waals surface area (Å²) in [5.74, 6) is -0.192. The molecule has 0 radical (unpaired) electrons. The number of ether oxygens (including phenoxy) is 2. The summed E-state index contributed by atoms with van der Waals surface area (Å²) in [6.45, 7) is 3.73. The van der Waals surface area contributed by atoms with E-state index in [1.165, 1.54) is 7.11 Å². The normalized spacial score (nSPS) is 22.2. The molecule has 116 valence electrons. The fraction of sp³-hybridized carbons (Fsp3) is 0.857. The number of rotatable bonds is 8. The maximum atomic E-state index is 11.6. The zero-order valence-electron chi connectivity index (χ0n) is 12.9. The van der Waals surface area contributed by atoms with E-state index in [1.807, 2.05) is 12.5 Å². The molecule has 6 heteroatoms. The number of nitrogens with zero attached hydrogens (tertiary/aromatic N) is 2. The highest BCUT2D eigenvalue weighted by atomic mass is 32.2. The minimum Gasteiger partial charge on any atom is -0.469 e. The van der Waals surface area contributed by atoms with Gasteiger partial charge in [-0.1, -0.05) is 6.92 Å². The third-order valence-electron chi connectivity index (χ3n) is 3.82. The summed E-state index contributed by atoms with van der Waals surface area (Å²) >= 11 is 1.65. The van der Waals surface area contributed by atoms with E-state index in [4.69, 9.17) is 9.47 Å². The number of hydrogen-bond donors (Lipinski definition) is 0. The number of methoxy groups -OCH3 is 2. The first kappa shape index (κ1) is 17.3. The van der Waals surface area contributed by atoms with Crippen LogP contribution >= 0.6 is 11.8 Å². The zero-order valence-corrected chi connectivity index (χ0v) is 13.7. The van der Waals surface area contributed by atoms with Crippen LogP contribution in [0.25, 0.3) is 0 Å². The van der Waals surface area contributed by atoms with Gasteiger partial charge < -0.3 is 9.47 Å². The van der Waals surface area contributed by atoms with Crippen LogP contribution in [0.2, 0.25) is 0 Å². The van der Waals surface area contributed by atoms with Crippen molar-refractivity contribution in [3.05, 3.63) is 0 Å². The maximum Gasteiger partial charge on any atom is 0.307 e. The molecule has 1 fully saturated rings. The van der Waals surface area contributed by atoms with Gasteiger partial charge in [-0.25, -0.2) is 0 Å². The van der Waals surface area contributed by atoms with E-state index in [1.54, 1.807) is 18.9 Å². The third-order valence-corrected chi connectivity index (χ3v) is 5.17. The van der Waals surface area contributed by atoms with Crippen molar-refractivity contribution in [1.82, 2.24) is 5.01 Å². The quantitative estimate of drug-likeness (QED) is 0.508. The van der Waals surface area contributed by atoms with E-state index in [9.17, 15) is 4.79 Å². The molecule has 0 N–H and O–H groups in total. The molecular weight excluding hydrogens is 276 g/mol. The first-order valence-corrected chi connectivity index (χ1v) is 8.26. The van der Waals surface area contributed by atoms with Crippen molar-refractivity contribution in [1.29, 1.82) is 0 Å². The lowest BCUT2D eigenvalue weighted by atomic mass is 10.0. The van der Waals surface area contributed by atoms with E-state index in [0.717, 1.165) is 25.8 Å². The Bertz CT molecular complexity index is 332. The van der Waals surface area contributed by atoms with Crippen molar-refractivity contribution < 1.29 is 14.3 Å². The van der Waals surface area contributed by atoms with Gasteiger partial charge in [0.05, 0.1) is 30.9 Å². The van der Waals surface area contributed by atoms with Crippen LogP contribution in [0.5, 0.6) is 0 Å². The minimum absolute atomic E-state index is 0.192. The molecule has 5 nitrogen and oxygen atoms in total. The highest BCUT2D eigenvalue weighted by Crippen LogP contribution is 2.30. The van der Waals surface area contributed by atoms with Gasteiger partial charge in [0, 0.05) is 19.9 Å². The molecule has 0 amide bonds. The summed E-state index contributed by atoms with van der Waals surface area (Å²) in [4.78, 5) is 11.6. The highest BCUT2D eigenvalue weighted by Gasteiger charge is 2.30. The first-order chi connectivity index (χ1) is 9.60. The number of carbonyl (C=O) groups is 1. The van der Waals surface area contributed by atoms with Gasteiger partial charge in [-0.2, -0.15) is 16.9 Å². The molecule has 0 spiro atoms. The van der Waals surface area contributed by atoms with Crippen LogP contribution < -0.4 is 0 Å². The lowest BCUT2D eigenvalue weighted by molar-refractivity contribution is -0.140. The molecule has 0 bridgehead atoms. The fourth-order valence-corrected chi connectivity index (χ4v) is 3.06. The molecule has 0 aromatic heterocycles. The molecule has 1 aliphatic rings. The first-order valence-electron chi connectivity index (χ1n) is 7.03. The predicted molar refractivity (Wildman–Crippen MR) is 83.3 cm³/mol. The molecule has 1 saturated heterocycles. The topological polar surface area (TPSA) is 51.1 Å². The smallest absolute Gasteiger partial charge is 0.307 e. The summed E-state index contributed by atoms with van der Waals surface area (Å²) in [6, 6.07) is 0.353. The largest absolute Gasteiger partial charge is 0.469 e. The third kappa shape index (κ3) is 4.66. The fourth-order valence-electron chi connectivity index (χ4n) is 2.36. The summed E-state index contributed by atoms with van der Waals surface area (Å²) in [5, 5.41) is 6.71. The van der Waals surface area contributed by atoms with Crippen LogP contribution in [0.1, 0.15) is 32.6 Å². The van der Waals surface area contributed by atoms with Gasteiger partial charge in [0.2, 0.25) is 0 Å². The van der Waals surface area contributed by atoms with Crippen LogP contribution in [-0.4, -0.2) is 61.6 Å². The molecule has 0 aliphatic carbocycles. The summed E-state index contributed by atoms with van der Waals surface area (Å²) < 4.78 is 9.74. The van der Waals surface area contributed by atoms with E-state index in [2.05, 4.69) is 17.0 Å². The second-order valence-corrected chi connectivity index (χ2v) is 6.26.